The van der Waals surface area contributed by atoms with Crippen molar-refractivity contribution in [2.24, 2.45) is 5.92 Å². The molecule has 128 valence electrons. The highest BCUT2D eigenvalue weighted by Gasteiger charge is 2.31. The van der Waals surface area contributed by atoms with E-state index in [0.717, 1.165) is 18.4 Å². The van der Waals surface area contributed by atoms with Crippen LogP contribution in [0.3, 0.4) is 0 Å². The van der Waals surface area contributed by atoms with Gasteiger partial charge in [-0.1, -0.05) is 5.16 Å². The minimum Gasteiger partial charge on any atom is -0.381 e. The van der Waals surface area contributed by atoms with Gasteiger partial charge < -0.3 is 19.9 Å². The predicted molar refractivity (Wildman–Crippen MR) is 86.4 cm³/mol. The number of rotatable bonds is 4. The van der Waals surface area contributed by atoms with E-state index in [1.807, 2.05) is 13.0 Å². The first-order valence-electron chi connectivity index (χ1n) is 7.99. The number of aryl methyl sites for hydroxylation is 2. The first-order chi connectivity index (χ1) is 11.6. The van der Waals surface area contributed by atoms with Gasteiger partial charge in [0.25, 0.3) is 0 Å². The molecule has 24 heavy (non-hydrogen) atoms. The lowest BCUT2D eigenvalue weighted by atomic mass is 9.91. The van der Waals surface area contributed by atoms with Crippen LogP contribution >= 0.6 is 0 Å². The van der Waals surface area contributed by atoms with Crippen LogP contribution < -0.4 is 10.6 Å². The summed E-state index contributed by atoms with van der Waals surface area (Å²) in [7, 11) is 0. The Labute approximate surface area is 140 Å². The predicted octanol–water partition coefficient (Wildman–Crippen LogP) is 2.37. The molecule has 1 atom stereocenters. The maximum absolute atomic E-state index is 12.4. The summed E-state index contributed by atoms with van der Waals surface area (Å²) in [6, 6.07) is 1.19. The van der Waals surface area contributed by atoms with Gasteiger partial charge in [0.2, 0.25) is 5.89 Å². The van der Waals surface area contributed by atoms with Crippen LogP contribution in [-0.4, -0.2) is 34.4 Å². The van der Waals surface area contributed by atoms with Crippen molar-refractivity contribution in [2.75, 3.05) is 18.5 Å². The zero-order chi connectivity index (χ0) is 16.9. The van der Waals surface area contributed by atoms with Crippen LogP contribution in [0.25, 0.3) is 0 Å². The normalized spacial score (nSPS) is 16.6. The van der Waals surface area contributed by atoms with Crippen molar-refractivity contribution in [1.29, 1.82) is 0 Å². The third kappa shape index (κ3) is 4.08. The van der Waals surface area contributed by atoms with Gasteiger partial charge in [-0.05, 0) is 44.2 Å². The van der Waals surface area contributed by atoms with Gasteiger partial charge in [0.1, 0.15) is 6.04 Å². The van der Waals surface area contributed by atoms with Gasteiger partial charge >= 0.3 is 6.03 Å². The number of pyridine rings is 1. The van der Waals surface area contributed by atoms with Crippen LogP contribution in [0.2, 0.25) is 0 Å². The molecule has 1 fully saturated rings. The molecule has 2 aromatic heterocycles. The van der Waals surface area contributed by atoms with Gasteiger partial charge in [0, 0.05) is 19.4 Å². The first-order valence-corrected chi connectivity index (χ1v) is 7.99. The molecule has 0 aromatic carbocycles. The molecule has 2 N–H and O–H groups in total. The van der Waals surface area contributed by atoms with Crippen LogP contribution in [0.5, 0.6) is 0 Å². The molecular formula is C16H21N5O3. The average molecular weight is 331 g/mol. The maximum Gasteiger partial charge on any atom is 0.319 e. The number of hydrogen-bond acceptors (Lipinski definition) is 6. The van der Waals surface area contributed by atoms with Crippen molar-refractivity contribution in [3.63, 3.8) is 0 Å². The number of nitrogens with one attached hydrogen (secondary N) is 2. The topological polar surface area (TPSA) is 102 Å². The fourth-order valence-electron chi connectivity index (χ4n) is 2.80. The monoisotopic (exact) mass is 331 g/mol. The van der Waals surface area contributed by atoms with E-state index in [-0.39, 0.29) is 18.0 Å². The van der Waals surface area contributed by atoms with Gasteiger partial charge in [-0.3, -0.25) is 4.98 Å². The Morgan fingerprint density at radius 3 is 2.75 bits per heavy atom. The van der Waals surface area contributed by atoms with Crippen molar-refractivity contribution in [2.45, 2.75) is 32.7 Å². The fraction of sp³-hybridized carbons (Fsp3) is 0.500. The second-order valence-corrected chi connectivity index (χ2v) is 5.96. The molecular weight excluding hydrogens is 310 g/mol. The van der Waals surface area contributed by atoms with Crippen molar-refractivity contribution in [3.05, 3.63) is 35.7 Å². The highest BCUT2D eigenvalue weighted by molar-refractivity contribution is 5.89. The molecule has 8 nitrogen and oxygen atoms in total. The zero-order valence-corrected chi connectivity index (χ0v) is 13.8. The average Bonchev–Trinajstić information content (AvgIpc) is 3.00. The molecule has 1 aliphatic rings. The number of amides is 2. The highest BCUT2D eigenvalue weighted by atomic mass is 16.5. The number of anilines is 1. The van der Waals surface area contributed by atoms with E-state index in [4.69, 9.17) is 9.26 Å². The lowest BCUT2D eigenvalue weighted by molar-refractivity contribution is 0.0506. The fourth-order valence-corrected chi connectivity index (χ4v) is 2.80. The summed E-state index contributed by atoms with van der Waals surface area (Å²) in [5.41, 5.74) is 1.61. The summed E-state index contributed by atoms with van der Waals surface area (Å²) < 4.78 is 10.7. The Morgan fingerprint density at radius 1 is 1.29 bits per heavy atom. The summed E-state index contributed by atoms with van der Waals surface area (Å²) >= 11 is 0. The summed E-state index contributed by atoms with van der Waals surface area (Å²) in [6.07, 6.45) is 5.00. The molecule has 3 rings (SSSR count). The maximum atomic E-state index is 12.4. The standard InChI is InChI=1S/C16H21N5O3/c1-10-7-13(9-17-8-10)19-16(22)20-14(12-3-5-23-6-4-12)15-18-11(2)21-24-15/h7-9,12,14H,3-6H2,1-2H3,(H2,19,20,22). The molecule has 2 amide bonds. The Bertz CT molecular complexity index is 697. The van der Waals surface area contributed by atoms with Crippen molar-refractivity contribution in [1.82, 2.24) is 20.4 Å². The number of hydrogen-bond donors (Lipinski definition) is 2. The van der Waals surface area contributed by atoms with Gasteiger partial charge in [0.05, 0.1) is 11.9 Å². The molecule has 2 aromatic rings. The van der Waals surface area contributed by atoms with Crippen LogP contribution in [0.4, 0.5) is 10.5 Å². The van der Waals surface area contributed by atoms with Crippen LogP contribution in [-0.2, 0) is 4.74 Å². The Kier molecular flexibility index (Phi) is 5.05. The van der Waals surface area contributed by atoms with Crippen LogP contribution in [0.1, 0.15) is 36.2 Å². The molecule has 8 heteroatoms. The van der Waals surface area contributed by atoms with Gasteiger partial charge in [0.15, 0.2) is 5.82 Å². The first kappa shape index (κ1) is 16.4. The van der Waals surface area contributed by atoms with Crippen LogP contribution in [0, 0.1) is 19.8 Å². The van der Waals surface area contributed by atoms with E-state index >= 15 is 0 Å². The molecule has 0 radical (unpaired) electrons. The smallest absolute Gasteiger partial charge is 0.319 e. The second kappa shape index (κ2) is 7.39. The summed E-state index contributed by atoms with van der Waals surface area (Å²) in [5.74, 6) is 1.17. The summed E-state index contributed by atoms with van der Waals surface area (Å²) in [5, 5.41) is 9.59. The zero-order valence-electron chi connectivity index (χ0n) is 13.8. The summed E-state index contributed by atoms with van der Waals surface area (Å²) in [4.78, 5) is 20.7. The third-order valence-corrected chi connectivity index (χ3v) is 3.97. The SMILES string of the molecule is Cc1cncc(NC(=O)NC(c2nc(C)no2)C2CCOCC2)c1. The van der Waals surface area contributed by atoms with Crippen molar-refractivity contribution in [3.8, 4) is 0 Å². The van der Waals surface area contributed by atoms with Crippen LogP contribution in [0.15, 0.2) is 23.0 Å². The molecule has 0 aliphatic carbocycles. The lowest BCUT2D eigenvalue weighted by Gasteiger charge is -2.28. The number of urea groups is 1. The van der Waals surface area contributed by atoms with E-state index in [2.05, 4.69) is 25.8 Å². The van der Waals surface area contributed by atoms with E-state index in [1.54, 1.807) is 19.3 Å². The minimum absolute atomic E-state index is 0.194. The minimum atomic E-state index is -0.340. The highest BCUT2D eigenvalue weighted by Crippen LogP contribution is 2.29. The lowest BCUT2D eigenvalue weighted by Crippen LogP contribution is -2.38. The quantitative estimate of drug-likeness (QED) is 0.892. The number of ether oxygens (including phenoxy) is 1. The second-order valence-electron chi connectivity index (χ2n) is 5.96. The van der Waals surface area contributed by atoms with Gasteiger partial charge in [-0.25, -0.2) is 4.79 Å². The molecule has 0 saturated carbocycles. The Morgan fingerprint density at radius 2 is 2.08 bits per heavy atom. The number of carbonyl (C=O) groups excluding carboxylic acids is 1. The molecule has 1 aliphatic heterocycles. The number of carbonyl (C=O) groups is 1. The molecule has 1 unspecified atom stereocenters. The third-order valence-electron chi connectivity index (χ3n) is 3.97. The summed E-state index contributed by atoms with van der Waals surface area (Å²) in [6.45, 7) is 5.01. The van der Waals surface area contributed by atoms with E-state index in [0.29, 0.717) is 30.6 Å². The van der Waals surface area contributed by atoms with E-state index in [1.165, 1.54) is 0 Å². The Balaban J connectivity index is 1.72. The number of aromatic nitrogens is 3. The molecule has 1 saturated heterocycles. The van der Waals surface area contributed by atoms with E-state index < -0.39 is 0 Å². The molecule has 0 spiro atoms. The molecule has 0 bridgehead atoms. The van der Waals surface area contributed by atoms with Gasteiger partial charge in [-0.2, -0.15) is 4.98 Å². The van der Waals surface area contributed by atoms with E-state index in [9.17, 15) is 4.79 Å². The van der Waals surface area contributed by atoms with Gasteiger partial charge in [-0.15, -0.1) is 0 Å². The van der Waals surface area contributed by atoms with Crippen molar-refractivity contribution >= 4 is 11.7 Å². The molecule has 3 heterocycles. The number of nitrogens with zero attached hydrogens (tertiary/aromatic N) is 3. The van der Waals surface area contributed by atoms with Crippen molar-refractivity contribution < 1.29 is 14.1 Å². The largest absolute Gasteiger partial charge is 0.381 e. The Hall–Kier alpha value is -2.48.